The van der Waals surface area contributed by atoms with Crippen LogP contribution in [0.3, 0.4) is 0 Å². The number of imidazole rings is 1. The van der Waals surface area contributed by atoms with Crippen LogP contribution in [-0.2, 0) is 27.4 Å². The van der Waals surface area contributed by atoms with Crippen molar-refractivity contribution in [2.75, 3.05) is 26.8 Å². The van der Waals surface area contributed by atoms with E-state index in [1.165, 1.54) is 7.11 Å². The van der Waals surface area contributed by atoms with Crippen LogP contribution in [0.25, 0.3) is 11.0 Å². The Balaban J connectivity index is 2.26. The van der Waals surface area contributed by atoms with Gasteiger partial charge in [0.1, 0.15) is 19.0 Å². The number of nitrogens with one attached hydrogen (secondary N) is 1. The Morgan fingerprint density at radius 2 is 1.96 bits per heavy atom. The van der Waals surface area contributed by atoms with Crippen LogP contribution in [0.1, 0.15) is 19.7 Å². The van der Waals surface area contributed by atoms with Gasteiger partial charge in [0, 0.05) is 20.2 Å². The second-order valence-electron chi connectivity index (χ2n) is 5.38. The van der Waals surface area contributed by atoms with Gasteiger partial charge in [0.2, 0.25) is 11.8 Å². The summed E-state index contributed by atoms with van der Waals surface area (Å²) in [5.41, 5.74) is 1.69. The molecule has 0 atom stereocenters. The predicted octanol–water partition coefficient (Wildman–Crippen LogP) is 1.17. The van der Waals surface area contributed by atoms with E-state index in [9.17, 15) is 9.59 Å². The molecule has 24 heavy (non-hydrogen) atoms. The average molecular weight is 332 g/mol. The van der Waals surface area contributed by atoms with Gasteiger partial charge in [-0.05, 0) is 26.0 Å². The SMILES string of the molecule is CCN(CC)C(=O)Cn1c(CNC(=O)COC)nc2ccccc21. The van der Waals surface area contributed by atoms with Crippen LogP contribution in [0.4, 0.5) is 0 Å². The number of nitrogens with zero attached hydrogens (tertiary/aromatic N) is 3. The Morgan fingerprint density at radius 1 is 1.25 bits per heavy atom. The standard InChI is InChI=1S/C17H24N4O3/c1-4-20(5-2)17(23)11-21-14-9-7-6-8-13(14)19-15(21)10-18-16(22)12-24-3/h6-9H,4-5,10-12H2,1-3H3,(H,18,22). The lowest BCUT2D eigenvalue weighted by Crippen LogP contribution is -2.34. The molecule has 1 aromatic carbocycles. The smallest absolute Gasteiger partial charge is 0.246 e. The number of aromatic nitrogens is 2. The topological polar surface area (TPSA) is 76.5 Å². The van der Waals surface area contributed by atoms with E-state index >= 15 is 0 Å². The molecule has 2 aromatic rings. The van der Waals surface area contributed by atoms with Crippen LogP contribution in [0, 0.1) is 0 Å². The van der Waals surface area contributed by atoms with Crippen molar-refractivity contribution in [1.82, 2.24) is 19.8 Å². The molecule has 0 aliphatic heterocycles. The molecule has 1 N–H and O–H groups in total. The second-order valence-corrected chi connectivity index (χ2v) is 5.38. The highest BCUT2D eigenvalue weighted by Gasteiger charge is 2.16. The third kappa shape index (κ3) is 4.11. The number of ether oxygens (including phenoxy) is 1. The van der Waals surface area contributed by atoms with Crippen LogP contribution >= 0.6 is 0 Å². The first-order chi connectivity index (χ1) is 11.6. The van der Waals surface area contributed by atoms with E-state index in [1.54, 1.807) is 4.90 Å². The summed E-state index contributed by atoms with van der Waals surface area (Å²) in [4.78, 5) is 30.4. The van der Waals surface area contributed by atoms with Crippen molar-refractivity contribution in [2.24, 2.45) is 0 Å². The summed E-state index contributed by atoms with van der Waals surface area (Å²) in [7, 11) is 1.47. The largest absolute Gasteiger partial charge is 0.375 e. The summed E-state index contributed by atoms with van der Waals surface area (Å²) >= 11 is 0. The molecule has 2 rings (SSSR count). The van der Waals surface area contributed by atoms with Crippen molar-refractivity contribution in [3.63, 3.8) is 0 Å². The van der Waals surface area contributed by atoms with Crippen molar-refractivity contribution in [2.45, 2.75) is 26.9 Å². The molecule has 130 valence electrons. The summed E-state index contributed by atoms with van der Waals surface area (Å²) in [6.07, 6.45) is 0. The molecule has 0 saturated carbocycles. The Hall–Kier alpha value is -2.41. The molecule has 2 amide bonds. The molecule has 1 aromatic heterocycles. The maximum atomic E-state index is 12.5. The van der Waals surface area contributed by atoms with E-state index in [-0.39, 0.29) is 31.5 Å². The lowest BCUT2D eigenvalue weighted by Gasteiger charge is -2.20. The predicted molar refractivity (Wildman–Crippen MR) is 91.4 cm³/mol. The van der Waals surface area contributed by atoms with Gasteiger partial charge in [0.15, 0.2) is 0 Å². The first-order valence-electron chi connectivity index (χ1n) is 8.08. The van der Waals surface area contributed by atoms with Gasteiger partial charge in [-0.3, -0.25) is 9.59 Å². The number of rotatable bonds is 8. The van der Waals surface area contributed by atoms with Crippen molar-refractivity contribution in [3.8, 4) is 0 Å². The molecule has 0 bridgehead atoms. The Kier molecular flexibility index (Phi) is 6.31. The molecule has 0 fully saturated rings. The number of para-hydroxylation sites is 2. The summed E-state index contributed by atoms with van der Waals surface area (Å²) in [5, 5.41) is 2.76. The van der Waals surface area contributed by atoms with Crippen LogP contribution in [0.5, 0.6) is 0 Å². The number of fused-ring (bicyclic) bond motifs is 1. The highest BCUT2D eigenvalue weighted by atomic mass is 16.5. The molecule has 0 aliphatic carbocycles. The summed E-state index contributed by atoms with van der Waals surface area (Å²) in [6, 6.07) is 7.64. The minimum atomic E-state index is -0.217. The fourth-order valence-corrected chi connectivity index (χ4v) is 2.61. The molecule has 0 unspecified atom stereocenters. The summed E-state index contributed by atoms with van der Waals surface area (Å²) in [5.74, 6) is 0.472. The van der Waals surface area contributed by atoms with Gasteiger partial charge in [0.25, 0.3) is 0 Å². The number of carbonyl (C=O) groups excluding carboxylic acids is 2. The van der Waals surface area contributed by atoms with Crippen molar-refractivity contribution in [1.29, 1.82) is 0 Å². The van der Waals surface area contributed by atoms with E-state index in [4.69, 9.17) is 4.74 Å². The third-order valence-electron chi connectivity index (χ3n) is 3.86. The molecule has 7 nitrogen and oxygen atoms in total. The molecule has 0 saturated heterocycles. The molecular formula is C17H24N4O3. The molecule has 0 spiro atoms. The second kappa shape index (κ2) is 8.44. The average Bonchev–Trinajstić information content (AvgIpc) is 2.92. The maximum absolute atomic E-state index is 12.5. The van der Waals surface area contributed by atoms with Gasteiger partial charge in [0.05, 0.1) is 17.6 Å². The number of methoxy groups -OCH3 is 1. The zero-order valence-electron chi connectivity index (χ0n) is 14.4. The highest BCUT2D eigenvalue weighted by molar-refractivity contribution is 5.81. The van der Waals surface area contributed by atoms with Gasteiger partial charge in [-0.2, -0.15) is 0 Å². The van der Waals surface area contributed by atoms with Gasteiger partial charge in [-0.25, -0.2) is 4.98 Å². The van der Waals surface area contributed by atoms with Crippen molar-refractivity contribution >= 4 is 22.8 Å². The minimum Gasteiger partial charge on any atom is -0.375 e. The lowest BCUT2D eigenvalue weighted by molar-refractivity contribution is -0.131. The first kappa shape index (κ1) is 17.9. The van der Waals surface area contributed by atoms with Crippen LogP contribution < -0.4 is 5.32 Å². The molecule has 0 aliphatic rings. The van der Waals surface area contributed by atoms with E-state index < -0.39 is 0 Å². The minimum absolute atomic E-state index is 0.00138. The van der Waals surface area contributed by atoms with E-state index in [2.05, 4.69) is 10.3 Å². The Bertz CT molecular complexity index is 707. The van der Waals surface area contributed by atoms with Crippen LogP contribution in [-0.4, -0.2) is 53.1 Å². The molecule has 1 heterocycles. The summed E-state index contributed by atoms with van der Waals surface area (Å²) < 4.78 is 6.67. The lowest BCUT2D eigenvalue weighted by atomic mass is 10.3. The zero-order chi connectivity index (χ0) is 17.5. The maximum Gasteiger partial charge on any atom is 0.246 e. The van der Waals surface area contributed by atoms with Crippen LogP contribution in [0.2, 0.25) is 0 Å². The molecule has 0 radical (unpaired) electrons. The quantitative estimate of drug-likeness (QED) is 0.787. The molecular weight excluding hydrogens is 308 g/mol. The number of hydrogen-bond acceptors (Lipinski definition) is 4. The van der Waals surface area contributed by atoms with Gasteiger partial charge < -0.3 is 19.5 Å². The number of benzene rings is 1. The van der Waals surface area contributed by atoms with E-state index in [1.807, 2.05) is 42.7 Å². The molecule has 7 heteroatoms. The van der Waals surface area contributed by atoms with E-state index in [0.29, 0.717) is 18.9 Å². The fraction of sp³-hybridized carbons (Fsp3) is 0.471. The van der Waals surface area contributed by atoms with Crippen molar-refractivity contribution in [3.05, 3.63) is 30.1 Å². The zero-order valence-corrected chi connectivity index (χ0v) is 14.4. The third-order valence-corrected chi connectivity index (χ3v) is 3.86. The van der Waals surface area contributed by atoms with Gasteiger partial charge in [-0.15, -0.1) is 0 Å². The highest BCUT2D eigenvalue weighted by Crippen LogP contribution is 2.16. The van der Waals surface area contributed by atoms with Gasteiger partial charge >= 0.3 is 0 Å². The fourth-order valence-electron chi connectivity index (χ4n) is 2.61. The monoisotopic (exact) mass is 332 g/mol. The van der Waals surface area contributed by atoms with Gasteiger partial charge in [-0.1, -0.05) is 12.1 Å². The number of hydrogen-bond donors (Lipinski definition) is 1. The normalized spacial score (nSPS) is 10.8. The number of amides is 2. The van der Waals surface area contributed by atoms with E-state index in [0.717, 1.165) is 11.0 Å². The number of likely N-dealkylation sites (N-methyl/N-ethyl adjacent to an activating group) is 1. The Morgan fingerprint density at radius 3 is 2.62 bits per heavy atom. The first-order valence-corrected chi connectivity index (χ1v) is 8.08. The number of carbonyl (C=O) groups is 2. The van der Waals surface area contributed by atoms with Crippen LogP contribution in [0.15, 0.2) is 24.3 Å². The van der Waals surface area contributed by atoms with Crippen molar-refractivity contribution < 1.29 is 14.3 Å². The summed E-state index contributed by atoms with van der Waals surface area (Å²) in [6.45, 7) is 5.71. The Labute approximate surface area is 141 Å².